The summed E-state index contributed by atoms with van der Waals surface area (Å²) in [6, 6.07) is 19.6. The summed E-state index contributed by atoms with van der Waals surface area (Å²) in [7, 11) is 3.07. The zero-order valence-electron chi connectivity index (χ0n) is 23.5. The molecule has 0 saturated carbocycles. The van der Waals surface area contributed by atoms with E-state index in [0.717, 1.165) is 5.56 Å². The van der Waals surface area contributed by atoms with Gasteiger partial charge in [-0.25, -0.2) is 9.79 Å². The molecule has 0 aliphatic carbocycles. The highest BCUT2D eigenvalue weighted by Gasteiger charge is 2.34. The van der Waals surface area contributed by atoms with E-state index in [-0.39, 0.29) is 17.7 Å². The lowest BCUT2D eigenvalue weighted by Crippen LogP contribution is -2.40. The Morgan fingerprint density at radius 2 is 1.76 bits per heavy atom. The van der Waals surface area contributed by atoms with E-state index in [1.54, 1.807) is 63.4 Å². The summed E-state index contributed by atoms with van der Waals surface area (Å²) < 4.78 is 24.4. The van der Waals surface area contributed by atoms with E-state index in [4.69, 9.17) is 30.5 Å². The zero-order valence-corrected chi connectivity index (χ0v) is 25.1. The number of methoxy groups -OCH3 is 2. The molecule has 1 aliphatic rings. The van der Waals surface area contributed by atoms with Crippen molar-refractivity contribution >= 4 is 35.0 Å². The van der Waals surface area contributed by atoms with E-state index in [1.807, 2.05) is 30.3 Å². The van der Waals surface area contributed by atoms with Crippen LogP contribution in [-0.2, 0) is 16.1 Å². The van der Waals surface area contributed by atoms with E-state index >= 15 is 0 Å². The van der Waals surface area contributed by atoms with Crippen molar-refractivity contribution in [1.82, 2.24) is 4.57 Å². The van der Waals surface area contributed by atoms with Gasteiger partial charge in [-0.3, -0.25) is 9.36 Å². The van der Waals surface area contributed by atoms with Gasteiger partial charge < -0.3 is 18.9 Å². The van der Waals surface area contributed by atoms with E-state index < -0.39 is 12.0 Å². The average Bonchev–Trinajstić information content (AvgIpc) is 3.30. The highest BCUT2D eigenvalue weighted by molar-refractivity contribution is 7.07. The van der Waals surface area contributed by atoms with Crippen molar-refractivity contribution in [3.8, 4) is 17.2 Å². The van der Waals surface area contributed by atoms with Gasteiger partial charge in [-0.05, 0) is 61.4 Å². The molecule has 0 saturated heterocycles. The first kappa shape index (κ1) is 29.2. The van der Waals surface area contributed by atoms with Crippen molar-refractivity contribution in [3.63, 3.8) is 0 Å². The van der Waals surface area contributed by atoms with Crippen LogP contribution in [0.3, 0.4) is 0 Å². The second-order valence-corrected chi connectivity index (χ2v) is 10.8. The molecule has 0 N–H and O–H groups in total. The molecule has 1 aromatic heterocycles. The van der Waals surface area contributed by atoms with Gasteiger partial charge in [0.2, 0.25) is 0 Å². The minimum Gasteiger partial charge on any atom is -0.493 e. The summed E-state index contributed by atoms with van der Waals surface area (Å²) in [5.74, 6) is 1.03. The maximum atomic E-state index is 14.1. The number of halogens is 1. The highest BCUT2D eigenvalue weighted by atomic mass is 35.5. The minimum atomic E-state index is -0.796. The van der Waals surface area contributed by atoms with E-state index in [0.29, 0.717) is 55.0 Å². The first-order chi connectivity index (χ1) is 20.3. The van der Waals surface area contributed by atoms with Crippen LogP contribution in [0.15, 0.2) is 87.8 Å². The molecule has 0 fully saturated rings. The van der Waals surface area contributed by atoms with Crippen molar-refractivity contribution in [2.75, 3.05) is 20.8 Å². The van der Waals surface area contributed by atoms with Crippen molar-refractivity contribution in [2.24, 2.45) is 4.99 Å². The third-order valence-electron chi connectivity index (χ3n) is 6.74. The number of nitrogens with zero attached hydrogens (tertiary/aromatic N) is 2. The smallest absolute Gasteiger partial charge is 0.338 e. The molecule has 4 aromatic rings. The van der Waals surface area contributed by atoms with E-state index in [9.17, 15) is 9.59 Å². The lowest BCUT2D eigenvalue weighted by molar-refractivity contribution is -0.139. The van der Waals surface area contributed by atoms with Gasteiger partial charge in [0, 0.05) is 10.6 Å². The predicted octanol–water partition coefficient (Wildman–Crippen LogP) is 5.05. The molecule has 10 heteroatoms. The second-order valence-electron chi connectivity index (χ2n) is 9.37. The lowest BCUT2D eigenvalue weighted by atomic mass is 9.95. The van der Waals surface area contributed by atoms with Gasteiger partial charge in [-0.2, -0.15) is 0 Å². The molecule has 0 spiro atoms. The Kier molecular flexibility index (Phi) is 8.80. The van der Waals surface area contributed by atoms with E-state index in [1.165, 1.54) is 23.0 Å². The Labute approximate surface area is 251 Å². The minimum absolute atomic E-state index is 0.180. The molecule has 8 nitrogen and oxygen atoms in total. The van der Waals surface area contributed by atoms with Crippen molar-refractivity contribution in [2.45, 2.75) is 26.5 Å². The number of hydrogen-bond acceptors (Lipinski definition) is 8. The van der Waals surface area contributed by atoms with Crippen LogP contribution in [0.5, 0.6) is 17.2 Å². The van der Waals surface area contributed by atoms with Gasteiger partial charge in [0.1, 0.15) is 12.4 Å². The number of carbonyl (C=O) groups is 1. The normalized spacial score (nSPS) is 14.7. The predicted molar refractivity (Wildman–Crippen MR) is 162 cm³/mol. The Hall–Kier alpha value is -4.34. The van der Waals surface area contributed by atoms with Crippen LogP contribution in [0.25, 0.3) is 6.08 Å². The number of aromatic nitrogens is 1. The van der Waals surface area contributed by atoms with Crippen molar-refractivity contribution < 1.29 is 23.7 Å². The van der Waals surface area contributed by atoms with Gasteiger partial charge >= 0.3 is 5.97 Å². The van der Waals surface area contributed by atoms with Crippen LogP contribution < -0.4 is 29.1 Å². The van der Waals surface area contributed by atoms with Gasteiger partial charge in [-0.15, -0.1) is 0 Å². The number of ether oxygens (including phenoxy) is 4. The van der Waals surface area contributed by atoms with Crippen molar-refractivity contribution in [1.29, 1.82) is 0 Å². The molecule has 2 heterocycles. The standard InChI is InChI=1S/C32H29ClN2O6S/c1-5-40-31(37)28-19(2)34-32-35(29(28)21-11-13-25(38-3)26(16-21)39-4)30(36)27(42-32)17-22-15-23(33)12-14-24(22)41-18-20-9-7-6-8-10-20/h6-17,29H,5,18H2,1-4H3/b27-17+/t29-/m1/s1. The third kappa shape index (κ3) is 5.84. The summed E-state index contributed by atoms with van der Waals surface area (Å²) >= 11 is 7.57. The lowest BCUT2D eigenvalue weighted by Gasteiger charge is -2.25. The molecule has 42 heavy (non-hydrogen) atoms. The van der Waals surface area contributed by atoms with Gasteiger partial charge in [0.15, 0.2) is 16.3 Å². The molecule has 0 amide bonds. The number of thiazole rings is 1. The van der Waals surface area contributed by atoms with Gasteiger partial charge in [0.05, 0.1) is 42.7 Å². The van der Waals surface area contributed by atoms with Gasteiger partial charge in [-0.1, -0.05) is 59.3 Å². The summed E-state index contributed by atoms with van der Waals surface area (Å²) in [6.45, 7) is 4.01. The number of rotatable bonds is 9. The fourth-order valence-corrected chi connectivity index (χ4v) is 5.99. The maximum absolute atomic E-state index is 14.1. The fraction of sp³-hybridized carbons (Fsp3) is 0.219. The molecule has 1 atom stereocenters. The summed E-state index contributed by atoms with van der Waals surface area (Å²) in [5, 5.41) is 0.504. The largest absolute Gasteiger partial charge is 0.493 e. The number of allylic oxidation sites excluding steroid dienone is 1. The number of benzene rings is 3. The topological polar surface area (TPSA) is 88.4 Å². The molecule has 0 unspecified atom stereocenters. The SMILES string of the molecule is CCOC(=O)C1=C(C)N=c2s/c(=C/c3cc(Cl)ccc3OCc3ccccc3)c(=O)n2[C@@H]1c1ccc(OC)c(OC)c1. The Morgan fingerprint density at radius 3 is 2.48 bits per heavy atom. The van der Waals surface area contributed by atoms with Crippen LogP contribution in [0, 0.1) is 0 Å². The molecule has 3 aromatic carbocycles. The molecular weight excluding hydrogens is 576 g/mol. The fourth-order valence-electron chi connectivity index (χ4n) is 4.77. The monoisotopic (exact) mass is 604 g/mol. The Bertz CT molecular complexity index is 1840. The number of hydrogen-bond donors (Lipinski definition) is 0. The first-order valence-corrected chi connectivity index (χ1v) is 14.4. The number of carbonyl (C=O) groups excluding carboxylic acids is 1. The zero-order chi connectivity index (χ0) is 29.8. The summed E-state index contributed by atoms with van der Waals surface area (Å²) in [6.07, 6.45) is 1.74. The van der Waals surface area contributed by atoms with Crippen LogP contribution in [0.2, 0.25) is 5.02 Å². The second kappa shape index (κ2) is 12.7. The summed E-state index contributed by atoms with van der Waals surface area (Å²) in [4.78, 5) is 32.4. The maximum Gasteiger partial charge on any atom is 0.338 e. The molecule has 0 radical (unpaired) electrons. The molecule has 5 rings (SSSR count). The highest BCUT2D eigenvalue weighted by Crippen LogP contribution is 2.36. The van der Waals surface area contributed by atoms with Gasteiger partial charge in [0.25, 0.3) is 5.56 Å². The van der Waals surface area contributed by atoms with Crippen LogP contribution in [-0.4, -0.2) is 31.4 Å². The van der Waals surface area contributed by atoms with Crippen LogP contribution in [0.1, 0.15) is 36.6 Å². The van der Waals surface area contributed by atoms with E-state index in [2.05, 4.69) is 4.99 Å². The van der Waals surface area contributed by atoms with Crippen LogP contribution in [0.4, 0.5) is 0 Å². The number of esters is 1. The molecule has 216 valence electrons. The molecule has 1 aliphatic heterocycles. The third-order valence-corrected chi connectivity index (χ3v) is 7.95. The van der Waals surface area contributed by atoms with Crippen LogP contribution >= 0.6 is 22.9 Å². The quantitative estimate of drug-likeness (QED) is 0.249. The summed E-state index contributed by atoms with van der Waals surface area (Å²) in [5.41, 5.74) is 2.73. The van der Waals surface area contributed by atoms with Crippen molar-refractivity contribution in [3.05, 3.63) is 119 Å². The first-order valence-electron chi connectivity index (χ1n) is 13.2. The Balaban J connectivity index is 1.65. The molecule has 0 bridgehead atoms. The average molecular weight is 605 g/mol. The Morgan fingerprint density at radius 1 is 1.02 bits per heavy atom. The molecular formula is C32H29ClN2O6S. The number of fused-ring (bicyclic) bond motifs is 1.